The lowest BCUT2D eigenvalue weighted by Crippen LogP contribution is -2.32. The second kappa shape index (κ2) is 8.35. The number of hydrogen-bond donors (Lipinski definition) is 2. The number of nitrogens with zero attached hydrogens (tertiary/aromatic N) is 5. The predicted octanol–water partition coefficient (Wildman–Crippen LogP) is 2.08. The molecule has 146 valence electrons. The summed E-state index contributed by atoms with van der Waals surface area (Å²) in [7, 11) is 0. The number of nitrogens with one attached hydrogen (secondary N) is 2. The molecule has 4 rings (SSSR count). The highest BCUT2D eigenvalue weighted by molar-refractivity contribution is 6.03. The van der Waals surface area contributed by atoms with E-state index in [1.807, 2.05) is 42.0 Å². The van der Waals surface area contributed by atoms with Gasteiger partial charge < -0.3 is 15.2 Å². The van der Waals surface area contributed by atoms with Crippen molar-refractivity contribution in [2.45, 2.75) is 32.9 Å². The van der Waals surface area contributed by atoms with Gasteiger partial charge >= 0.3 is 0 Å². The minimum Gasteiger partial charge on any atom is -0.331 e. The Morgan fingerprint density at radius 1 is 1.36 bits per heavy atom. The first-order valence-corrected chi connectivity index (χ1v) is 9.67. The normalized spacial score (nSPS) is 16.8. The van der Waals surface area contributed by atoms with Crippen molar-refractivity contribution in [3.8, 4) is 0 Å². The van der Waals surface area contributed by atoms with E-state index in [9.17, 15) is 4.79 Å². The van der Waals surface area contributed by atoms with Crippen LogP contribution in [0.4, 0.5) is 5.69 Å². The van der Waals surface area contributed by atoms with Crippen molar-refractivity contribution in [2.75, 3.05) is 18.4 Å². The number of benzene rings is 1. The summed E-state index contributed by atoms with van der Waals surface area (Å²) in [5, 5.41) is 14.6. The quantitative estimate of drug-likeness (QED) is 0.684. The Morgan fingerprint density at radius 2 is 2.25 bits per heavy atom. The number of hydrogen-bond acceptors (Lipinski definition) is 5. The minimum absolute atomic E-state index is 0.247. The van der Waals surface area contributed by atoms with E-state index in [0.717, 1.165) is 36.7 Å². The number of aromatic nitrogens is 5. The molecule has 2 aromatic heterocycles. The molecule has 28 heavy (non-hydrogen) atoms. The molecule has 0 bridgehead atoms. The van der Waals surface area contributed by atoms with E-state index in [-0.39, 0.29) is 5.91 Å². The maximum Gasteiger partial charge on any atom is 0.277 e. The summed E-state index contributed by atoms with van der Waals surface area (Å²) in [6, 6.07) is 7.78. The van der Waals surface area contributed by atoms with Crippen LogP contribution in [-0.2, 0) is 13.1 Å². The average molecular weight is 379 g/mol. The van der Waals surface area contributed by atoms with Crippen LogP contribution in [0.5, 0.6) is 0 Å². The highest BCUT2D eigenvalue weighted by atomic mass is 16.2. The molecule has 0 radical (unpaired) electrons. The van der Waals surface area contributed by atoms with E-state index in [4.69, 9.17) is 0 Å². The number of anilines is 1. The van der Waals surface area contributed by atoms with E-state index >= 15 is 0 Å². The van der Waals surface area contributed by atoms with Crippen LogP contribution in [0.15, 0.2) is 42.9 Å². The molecule has 0 aliphatic carbocycles. The molecule has 1 atom stereocenters. The molecular weight excluding hydrogens is 354 g/mol. The zero-order valence-electron chi connectivity index (χ0n) is 16.0. The van der Waals surface area contributed by atoms with Gasteiger partial charge in [-0.2, -0.15) is 0 Å². The molecule has 1 aliphatic heterocycles. The lowest BCUT2D eigenvalue weighted by atomic mass is 10.00. The molecule has 2 N–H and O–H groups in total. The monoisotopic (exact) mass is 379 g/mol. The van der Waals surface area contributed by atoms with E-state index in [2.05, 4.69) is 25.9 Å². The van der Waals surface area contributed by atoms with Gasteiger partial charge in [-0.1, -0.05) is 23.4 Å². The van der Waals surface area contributed by atoms with Crippen LogP contribution < -0.4 is 10.6 Å². The number of piperidine rings is 1. The topological polar surface area (TPSA) is 89.7 Å². The van der Waals surface area contributed by atoms with Crippen LogP contribution >= 0.6 is 0 Å². The standard InChI is InChI=1S/C20H25N7O/c1-15-22-9-10-26(15)13-17-6-2-3-7-18(17)23-20(28)19-14-27(25-24-19)12-16-5-4-8-21-11-16/h2-3,6-7,9-10,14,16,21H,4-5,8,11-13H2,1H3,(H,23,28). The van der Waals surface area contributed by atoms with Gasteiger partial charge in [-0.15, -0.1) is 5.10 Å². The van der Waals surface area contributed by atoms with Crippen LogP contribution in [0.25, 0.3) is 0 Å². The summed E-state index contributed by atoms with van der Waals surface area (Å²) in [5.74, 6) is 1.22. The first-order chi connectivity index (χ1) is 13.7. The summed E-state index contributed by atoms with van der Waals surface area (Å²) in [5.41, 5.74) is 2.11. The zero-order chi connectivity index (χ0) is 19.3. The molecular formula is C20H25N7O. The lowest BCUT2D eigenvalue weighted by molar-refractivity contribution is 0.102. The van der Waals surface area contributed by atoms with Crippen molar-refractivity contribution < 1.29 is 4.79 Å². The van der Waals surface area contributed by atoms with Crippen LogP contribution in [0.2, 0.25) is 0 Å². The SMILES string of the molecule is Cc1nccn1Cc1ccccc1NC(=O)c1cn(CC2CCCNC2)nn1. The third-order valence-electron chi connectivity index (χ3n) is 5.15. The van der Waals surface area contributed by atoms with Gasteiger partial charge in [0.25, 0.3) is 5.91 Å². The molecule has 0 saturated carbocycles. The van der Waals surface area contributed by atoms with Crippen molar-refractivity contribution >= 4 is 11.6 Å². The number of carbonyl (C=O) groups excluding carboxylic acids is 1. The van der Waals surface area contributed by atoms with Gasteiger partial charge in [0, 0.05) is 24.6 Å². The first kappa shape index (κ1) is 18.4. The van der Waals surface area contributed by atoms with E-state index in [1.165, 1.54) is 12.8 Å². The molecule has 1 fully saturated rings. The van der Waals surface area contributed by atoms with E-state index in [0.29, 0.717) is 18.2 Å². The van der Waals surface area contributed by atoms with Crippen molar-refractivity contribution in [1.82, 2.24) is 29.9 Å². The summed E-state index contributed by atoms with van der Waals surface area (Å²) in [4.78, 5) is 16.9. The zero-order valence-corrected chi connectivity index (χ0v) is 16.0. The Labute approximate surface area is 164 Å². The minimum atomic E-state index is -0.247. The molecule has 1 unspecified atom stereocenters. The third-order valence-corrected chi connectivity index (χ3v) is 5.15. The Bertz CT molecular complexity index is 939. The van der Waals surface area contributed by atoms with Gasteiger partial charge in [0.1, 0.15) is 5.82 Å². The highest BCUT2D eigenvalue weighted by Gasteiger charge is 2.17. The molecule has 1 aromatic carbocycles. The Kier molecular flexibility index (Phi) is 5.48. The van der Waals surface area contributed by atoms with Crippen molar-refractivity contribution in [3.05, 3.63) is 59.9 Å². The Hall–Kier alpha value is -3.00. The fraction of sp³-hybridized carbons (Fsp3) is 0.400. The molecule has 3 aromatic rings. The van der Waals surface area contributed by atoms with E-state index < -0.39 is 0 Å². The van der Waals surface area contributed by atoms with Gasteiger partial charge in [-0.3, -0.25) is 9.48 Å². The second-order valence-corrected chi connectivity index (χ2v) is 7.25. The summed E-state index contributed by atoms with van der Waals surface area (Å²) in [6.07, 6.45) is 7.79. The van der Waals surface area contributed by atoms with Gasteiger partial charge in [0.15, 0.2) is 5.69 Å². The largest absolute Gasteiger partial charge is 0.331 e. The number of carbonyl (C=O) groups is 1. The smallest absolute Gasteiger partial charge is 0.277 e. The Morgan fingerprint density at radius 3 is 3.04 bits per heavy atom. The third kappa shape index (κ3) is 4.28. The summed E-state index contributed by atoms with van der Waals surface area (Å²) >= 11 is 0. The van der Waals surface area contributed by atoms with Crippen molar-refractivity contribution in [2.24, 2.45) is 5.92 Å². The van der Waals surface area contributed by atoms with Crippen molar-refractivity contribution in [3.63, 3.8) is 0 Å². The number of rotatable bonds is 6. The summed E-state index contributed by atoms with van der Waals surface area (Å²) in [6.45, 7) is 5.46. The van der Waals surface area contributed by atoms with Crippen molar-refractivity contribution in [1.29, 1.82) is 0 Å². The number of para-hydroxylation sites is 1. The average Bonchev–Trinajstić information content (AvgIpc) is 3.33. The molecule has 0 spiro atoms. The van der Waals surface area contributed by atoms with Crippen LogP contribution in [0.1, 0.15) is 34.7 Å². The number of aryl methyl sites for hydroxylation is 1. The lowest BCUT2D eigenvalue weighted by Gasteiger charge is -2.22. The maximum absolute atomic E-state index is 12.7. The fourth-order valence-corrected chi connectivity index (χ4v) is 3.56. The van der Waals surface area contributed by atoms with Crippen LogP contribution in [-0.4, -0.2) is 43.5 Å². The van der Waals surface area contributed by atoms with E-state index in [1.54, 1.807) is 17.1 Å². The fourth-order valence-electron chi connectivity index (χ4n) is 3.56. The second-order valence-electron chi connectivity index (χ2n) is 7.25. The summed E-state index contributed by atoms with van der Waals surface area (Å²) < 4.78 is 3.81. The molecule has 1 saturated heterocycles. The maximum atomic E-state index is 12.7. The molecule has 1 aliphatic rings. The highest BCUT2D eigenvalue weighted by Crippen LogP contribution is 2.18. The number of amides is 1. The molecule has 8 nitrogen and oxygen atoms in total. The molecule has 8 heteroatoms. The van der Waals surface area contributed by atoms with Gasteiger partial charge in [0.05, 0.1) is 12.7 Å². The number of imidazole rings is 1. The van der Waals surface area contributed by atoms with Gasteiger partial charge in [-0.25, -0.2) is 4.98 Å². The first-order valence-electron chi connectivity index (χ1n) is 9.67. The van der Waals surface area contributed by atoms with Crippen LogP contribution in [0.3, 0.4) is 0 Å². The van der Waals surface area contributed by atoms with Gasteiger partial charge in [-0.05, 0) is 50.4 Å². The Balaban J connectivity index is 1.43. The molecule has 1 amide bonds. The predicted molar refractivity (Wildman–Crippen MR) is 106 cm³/mol. The van der Waals surface area contributed by atoms with Gasteiger partial charge in [0.2, 0.25) is 0 Å². The van der Waals surface area contributed by atoms with Crippen LogP contribution in [0, 0.1) is 12.8 Å². The molecule has 3 heterocycles.